The van der Waals surface area contributed by atoms with Gasteiger partial charge in [0.05, 0.1) is 12.4 Å². The molecule has 134 valence electrons. The van der Waals surface area contributed by atoms with Gasteiger partial charge in [-0.05, 0) is 53.7 Å². The van der Waals surface area contributed by atoms with Crippen LogP contribution in [0.2, 0.25) is 0 Å². The number of anilines is 1. The molecule has 0 aliphatic rings. The molecule has 3 aromatic rings. The Bertz CT molecular complexity index is 885. The number of tetrazole rings is 1. The molecule has 9 heteroatoms. The Kier molecular flexibility index (Phi) is 5.80. The van der Waals surface area contributed by atoms with E-state index in [2.05, 4.69) is 20.8 Å². The maximum Gasteiger partial charge on any atom is 0.234 e. The summed E-state index contributed by atoms with van der Waals surface area (Å²) in [6.45, 7) is 2.41. The summed E-state index contributed by atoms with van der Waals surface area (Å²) in [5.41, 5.74) is 1.22. The van der Waals surface area contributed by atoms with Crippen LogP contribution in [0, 0.1) is 5.82 Å². The minimum Gasteiger partial charge on any atom is -0.492 e. The highest BCUT2D eigenvalue weighted by atomic mass is 32.2. The Morgan fingerprint density at radius 2 is 2.00 bits per heavy atom. The quantitative estimate of drug-likeness (QED) is 0.641. The minimum atomic E-state index is -0.357. The number of ether oxygens (including phenoxy) is 1. The van der Waals surface area contributed by atoms with Crippen molar-refractivity contribution >= 4 is 23.4 Å². The molecule has 0 aliphatic heterocycles. The first-order chi connectivity index (χ1) is 12.7. The highest BCUT2D eigenvalue weighted by molar-refractivity contribution is 7.99. The molecule has 0 radical (unpaired) electrons. The minimum absolute atomic E-state index is 0.106. The number of para-hydroxylation sites is 2. The predicted octanol–water partition coefficient (Wildman–Crippen LogP) is 2.93. The average molecular weight is 373 g/mol. The molecule has 0 atom stereocenters. The maximum atomic E-state index is 12.9. The first-order valence-electron chi connectivity index (χ1n) is 7.86. The lowest BCUT2D eigenvalue weighted by Gasteiger charge is -2.10. The lowest BCUT2D eigenvalue weighted by molar-refractivity contribution is -0.113. The number of carbonyl (C=O) groups is 1. The molecule has 0 fully saturated rings. The molecular formula is C17H16FN5O2S. The van der Waals surface area contributed by atoms with Gasteiger partial charge < -0.3 is 10.1 Å². The first kappa shape index (κ1) is 17.9. The number of hydrogen-bond acceptors (Lipinski definition) is 6. The van der Waals surface area contributed by atoms with Crippen LogP contribution in [0.25, 0.3) is 5.69 Å². The first-order valence-corrected chi connectivity index (χ1v) is 8.84. The number of amides is 1. The van der Waals surface area contributed by atoms with Gasteiger partial charge in [0.2, 0.25) is 11.1 Å². The van der Waals surface area contributed by atoms with Crippen molar-refractivity contribution in [2.24, 2.45) is 0 Å². The summed E-state index contributed by atoms with van der Waals surface area (Å²) in [6.07, 6.45) is 0. The third-order valence-electron chi connectivity index (χ3n) is 3.29. The molecule has 26 heavy (non-hydrogen) atoms. The summed E-state index contributed by atoms with van der Waals surface area (Å²) >= 11 is 1.19. The highest BCUT2D eigenvalue weighted by Crippen LogP contribution is 2.26. The van der Waals surface area contributed by atoms with Gasteiger partial charge in [0.15, 0.2) is 0 Å². The standard InChI is InChI=1S/C17H16FN5O2S/c1-2-25-15-6-4-3-5-14(15)23-17(20-21-22-23)26-11-16(24)19-13-9-7-12(18)8-10-13/h3-10H,2,11H2,1H3,(H,19,24). The van der Waals surface area contributed by atoms with Crippen LogP contribution in [0.5, 0.6) is 5.75 Å². The van der Waals surface area contributed by atoms with Crippen LogP contribution >= 0.6 is 11.8 Å². The molecule has 1 aromatic heterocycles. The van der Waals surface area contributed by atoms with Gasteiger partial charge in [0.1, 0.15) is 17.3 Å². The van der Waals surface area contributed by atoms with Crippen molar-refractivity contribution in [1.82, 2.24) is 20.2 Å². The normalized spacial score (nSPS) is 10.5. The fraction of sp³-hybridized carbons (Fsp3) is 0.176. The van der Waals surface area contributed by atoms with E-state index < -0.39 is 0 Å². The van der Waals surface area contributed by atoms with Crippen LogP contribution < -0.4 is 10.1 Å². The number of hydrogen-bond donors (Lipinski definition) is 1. The number of nitrogens with one attached hydrogen (secondary N) is 1. The molecule has 1 N–H and O–H groups in total. The van der Waals surface area contributed by atoms with E-state index in [0.29, 0.717) is 28.9 Å². The van der Waals surface area contributed by atoms with Gasteiger partial charge in [-0.25, -0.2) is 4.39 Å². The van der Waals surface area contributed by atoms with Crippen LogP contribution in [-0.2, 0) is 4.79 Å². The lowest BCUT2D eigenvalue weighted by atomic mass is 10.3. The maximum absolute atomic E-state index is 12.9. The van der Waals surface area contributed by atoms with Crippen molar-refractivity contribution in [3.05, 3.63) is 54.3 Å². The molecule has 0 saturated heterocycles. The summed E-state index contributed by atoms with van der Waals surface area (Å²) in [6, 6.07) is 13.0. The summed E-state index contributed by atoms with van der Waals surface area (Å²) in [4.78, 5) is 12.1. The van der Waals surface area contributed by atoms with E-state index in [1.54, 1.807) is 0 Å². The van der Waals surface area contributed by atoms with Gasteiger partial charge in [0.25, 0.3) is 0 Å². The van der Waals surface area contributed by atoms with Crippen LogP contribution in [-0.4, -0.2) is 38.5 Å². The Morgan fingerprint density at radius 1 is 1.23 bits per heavy atom. The summed E-state index contributed by atoms with van der Waals surface area (Å²) in [5.74, 6) is 0.160. The topological polar surface area (TPSA) is 81.9 Å². The van der Waals surface area contributed by atoms with E-state index in [-0.39, 0.29) is 17.5 Å². The Morgan fingerprint density at radius 3 is 2.77 bits per heavy atom. The van der Waals surface area contributed by atoms with E-state index in [9.17, 15) is 9.18 Å². The molecule has 0 aliphatic carbocycles. The molecule has 0 bridgehead atoms. The van der Waals surface area contributed by atoms with Crippen LogP contribution in [0.1, 0.15) is 6.92 Å². The SMILES string of the molecule is CCOc1ccccc1-n1nnnc1SCC(=O)Nc1ccc(F)cc1. The van der Waals surface area contributed by atoms with Gasteiger partial charge in [0, 0.05) is 5.69 Å². The molecule has 0 unspecified atom stereocenters. The molecular weight excluding hydrogens is 357 g/mol. The Balaban J connectivity index is 1.68. The zero-order chi connectivity index (χ0) is 18.4. The average Bonchev–Trinajstić information content (AvgIpc) is 3.11. The monoisotopic (exact) mass is 373 g/mol. The predicted molar refractivity (Wildman–Crippen MR) is 96.1 cm³/mol. The van der Waals surface area contributed by atoms with Gasteiger partial charge in [-0.3, -0.25) is 4.79 Å². The second kappa shape index (κ2) is 8.43. The molecule has 1 heterocycles. The van der Waals surface area contributed by atoms with Gasteiger partial charge in [-0.1, -0.05) is 23.9 Å². The smallest absolute Gasteiger partial charge is 0.234 e. The summed E-state index contributed by atoms with van der Waals surface area (Å²) in [5, 5.41) is 14.8. The van der Waals surface area contributed by atoms with Crippen molar-refractivity contribution in [3.8, 4) is 11.4 Å². The van der Waals surface area contributed by atoms with Crippen molar-refractivity contribution in [3.63, 3.8) is 0 Å². The second-order valence-electron chi connectivity index (χ2n) is 5.12. The van der Waals surface area contributed by atoms with Gasteiger partial charge in [-0.2, -0.15) is 4.68 Å². The largest absolute Gasteiger partial charge is 0.492 e. The van der Waals surface area contributed by atoms with Crippen molar-refractivity contribution < 1.29 is 13.9 Å². The zero-order valence-electron chi connectivity index (χ0n) is 13.9. The van der Waals surface area contributed by atoms with Crippen LogP contribution in [0.4, 0.5) is 10.1 Å². The second-order valence-corrected chi connectivity index (χ2v) is 6.06. The van der Waals surface area contributed by atoms with Crippen LogP contribution in [0.3, 0.4) is 0 Å². The molecule has 3 rings (SSSR count). The Hall–Kier alpha value is -2.94. The number of nitrogens with zero attached hydrogens (tertiary/aromatic N) is 4. The van der Waals surface area contributed by atoms with Crippen molar-refractivity contribution in [1.29, 1.82) is 0 Å². The van der Waals surface area contributed by atoms with E-state index in [1.165, 1.54) is 40.7 Å². The van der Waals surface area contributed by atoms with Gasteiger partial charge in [-0.15, -0.1) is 5.10 Å². The fourth-order valence-electron chi connectivity index (χ4n) is 2.19. The van der Waals surface area contributed by atoms with Gasteiger partial charge >= 0.3 is 0 Å². The fourth-order valence-corrected chi connectivity index (χ4v) is 2.87. The molecule has 2 aromatic carbocycles. The van der Waals surface area contributed by atoms with E-state index >= 15 is 0 Å². The number of benzene rings is 2. The third kappa shape index (κ3) is 4.37. The van der Waals surface area contributed by atoms with Crippen LogP contribution in [0.15, 0.2) is 53.7 Å². The summed E-state index contributed by atoms with van der Waals surface area (Å²) < 4.78 is 20.0. The van der Waals surface area contributed by atoms with Crippen molar-refractivity contribution in [2.75, 3.05) is 17.7 Å². The molecule has 0 saturated carbocycles. The zero-order valence-corrected chi connectivity index (χ0v) is 14.7. The molecule has 7 nitrogen and oxygen atoms in total. The lowest BCUT2D eigenvalue weighted by Crippen LogP contribution is -2.14. The summed E-state index contributed by atoms with van der Waals surface area (Å²) in [7, 11) is 0. The third-order valence-corrected chi connectivity index (χ3v) is 4.21. The number of rotatable bonds is 7. The van der Waals surface area contributed by atoms with E-state index in [4.69, 9.17) is 4.74 Å². The van der Waals surface area contributed by atoms with E-state index in [0.717, 1.165) is 0 Å². The number of aromatic nitrogens is 4. The highest BCUT2D eigenvalue weighted by Gasteiger charge is 2.14. The molecule has 0 spiro atoms. The Labute approximate surface area is 153 Å². The van der Waals surface area contributed by atoms with Crippen molar-refractivity contribution in [2.45, 2.75) is 12.1 Å². The van der Waals surface area contributed by atoms with E-state index in [1.807, 2.05) is 31.2 Å². The number of carbonyl (C=O) groups excluding carboxylic acids is 1. The number of thioether (sulfide) groups is 1. The number of halogens is 1. The molecule has 1 amide bonds.